The monoisotopic (exact) mass is 330 g/mol. The zero-order valence-corrected chi connectivity index (χ0v) is 13.6. The van der Waals surface area contributed by atoms with Crippen LogP contribution in [0.15, 0.2) is 23.2 Å². The zero-order chi connectivity index (χ0) is 15.8. The molecule has 0 aliphatic heterocycles. The molecule has 1 unspecified atom stereocenters. The van der Waals surface area contributed by atoms with Crippen molar-refractivity contribution < 1.29 is 4.79 Å². The molecule has 0 saturated carbocycles. The molecule has 0 bridgehead atoms. The van der Waals surface area contributed by atoms with Crippen molar-refractivity contribution in [3.63, 3.8) is 0 Å². The Morgan fingerprint density at radius 1 is 1.43 bits per heavy atom. The van der Waals surface area contributed by atoms with E-state index >= 15 is 0 Å². The SMILES string of the molecule is CCCNC(=O)CN=C(N)NC(C)c1ccc(Cl)cc1Cl. The molecule has 0 aromatic heterocycles. The lowest BCUT2D eigenvalue weighted by Crippen LogP contribution is -2.35. The Kier molecular flexibility index (Phi) is 7.32. The van der Waals surface area contributed by atoms with Crippen molar-refractivity contribution >= 4 is 35.1 Å². The maximum atomic E-state index is 11.4. The number of carbonyl (C=O) groups is 1. The first kappa shape index (κ1) is 17.6. The van der Waals surface area contributed by atoms with Gasteiger partial charge in [0.25, 0.3) is 0 Å². The van der Waals surface area contributed by atoms with E-state index in [9.17, 15) is 4.79 Å². The number of halogens is 2. The summed E-state index contributed by atoms with van der Waals surface area (Å²) in [6.45, 7) is 4.52. The second-order valence-electron chi connectivity index (χ2n) is 4.58. The van der Waals surface area contributed by atoms with Gasteiger partial charge in [-0.15, -0.1) is 0 Å². The number of nitrogens with two attached hydrogens (primary N) is 1. The fourth-order valence-corrected chi connectivity index (χ4v) is 2.25. The quantitative estimate of drug-likeness (QED) is 0.553. The van der Waals surface area contributed by atoms with Crippen LogP contribution in [0, 0.1) is 0 Å². The first-order chi connectivity index (χ1) is 9.93. The van der Waals surface area contributed by atoms with E-state index in [1.807, 2.05) is 19.9 Å². The molecule has 0 heterocycles. The fourth-order valence-electron chi connectivity index (χ4n) is 1.68. The Hall–Kier alpha value is -1.46. The van der Waals surface area contributed by atoms with Crippen molar-refractivity contribution in [3.8, 4) is 0 Å². The van der Waals surface area contributed by atoms with Gasteiger partial charge in [0.05, 0.1) is 6.04 Å². The van der Waals surface area contributed by atoms with Crippen LogP contribution >= 0.6 is 23.2 Å². The maximum absolute atomic E-state index is 11.4. The smallest absolute Gasteiger partial charge is 0.241 e. The minimum Gasteiger partial charge on any atom is -0.370 e. The Balaban J connectivity index is 2.57. The number of rotatable bonds is 6. The van der Waals surface area contributed by atoms with Crippen molar-refractivity contribution in [1.82, 2.24) is 10.6 Å². The van der Waals surface area contributed by atoms with Crippen molar-refractivity contribution in [2.75, 3.05) is 13.1 Å². The standard InChI is InChI=1S/C14H20Cl2N4O/c1-3-6-18-13(21)8-19-14(17)20-9(2)11-5-4-10(15)7-12(11)16/h4-5,7,9H,3,6,8H2,1-2H3,(H,18,21)(H3,17,19,20). The number of carbonyl (C=O) groups excluding carboxylic acids is 1. The molecule has 1 amide bonds. The van der Waals surface area contributed by atoms with Gasteiger partial charge in [0, 0.05) is 16.6 Å². The molecular formula is C14H20Cl2N4O. The normalized spacial score (nSPS) is 12.9. The van der Waals surface area contributed by atoms with Crippen LogP contribution in [0.4, 0.5) is 0 Å². The van der Waals surface area contributed by atoms with E-state index in [1.54, 1.807) is 12.1 Å². The van der Waals surface area contributed by atoms with Gasteiger partial charge in [-0.2, -0.15) is 0 Å². The molecule has 0 aliphatic carbocycles. The second-order valence-corrected chi connectivity index (χ2v) is 5.43. The Labute approximate surface area is 134 Å². The molecule has 1 atom stereocenters. The summed E-state index contributed by atoms with van der Waals surface area (Å²) < 4.78 is 0. The molecular weight excluding hydrogens is 311 g/mol. The van der Waals surface area contributed by atoms with Crippen LogP contribution in [0.1, 0.15) is 31.9 Å². The molecule has 0 radical (unpaired) electrons. The fraction of sp³-hybridized carbons (Fsp3) is 0.429. The Morgan fingerprint density at radius 3 is 2.76 bits per heavy atom. The molecule has 21 heavy (non-hydrogen) atoms. The predicted molar refractivity (Wildman–Crippen MR) is 87.8 cm³/mol. The van der Waals surface area contributed by atoms with Crippen LogP contribution in [0.25, 0.3) is 0 Å². The van der Waals surface area contributed by atoms with Crippen molar-refractivity contribution in [1.29, 1.82) is 0 Å². The number of guanidine groups is 1. The largest absolute Gasteiger partial charge is 0.370 e. The number of aliphatic imine (C=N–C) groups is 1. The lowest BCUT2D eigenvalue weighted by molar-refractivity contribution is -0.119. The number of nitrogens with zero attached hydrogens (tertiary/aromatic N) is 1. The van der Waals surface area contributed by atoms with Gasteiger partial charge in [-0.3, -0.25) is 4.79 Å². The molecule has 0 fully saturated rings. The second kappa shape index (κ2) is 8.74. The van der Waals surface area contributed by atoms with Gasteiger partial charge in [0.2, 0.25) is 5.91 Å². The minimum atomic E-state index is -0.154. The molecule has 116 valence electrons. The number of amides is 1. The highest BCUT2D eigenvalue weighted by atomic mass is 35.5. The lowest BCUT2D eigenvalue weighted by atomic mass is 10.1. The van der Waals surface area contributed by atoms with E-state index in [1.165, 1.54) is 0 Å². The van der Waals surface area contributed by atoms with Gasteiger partial charge in [0.1, 0.15) is 6.54 Å². The maximum Gasteiger partial charge on any atom is 0.241 e. The van der Waals surface area contributed by atoms with E-state index in [0.29, 0.717) is 16.6 Å². The summed E-state index contributed by atoms with van der Waals surface area (Å²) in [5, 5.41) is 6.84. The highest BCUT2D eigenvalue weighted by molar-refractivity contribution is 6.35. The van der Waals surface area contributed by atoms with E-state index in [4.69, 9.17) is 28.9 Å². The molecule has 0 aliphatic rings. The third-order valence-electron chi connectivity index (χ3n) is 2.76. The molecule has 1 rings (SSSR count). The molecule has 1 aromatic rings. The molecule has 1 aromatic carbocycles. The summed E-state index contributed by atoms with van der Waals surface area (Å²) in [7, 11) is 0. The van der Waals surface area contributed by atoms with Crippen molar-refractivity contribution in [2.45, 2.75) is 26.3 Å². The van der Waals surface area contributed by atoms with Gasteiger partial charge >= 0.3 is 0 Å². The van der Waals surface area contributed by atoms with Gasteiger partial charge in [0.15, 0.2) is 5.96 Å². The molecule has 0 spiro atoms. The number of benzene rings is 1. The van der Waals surface area contributed by atoms with Gasteiger partial charge < -0.3 is 16.4 Å². The van der Waals surface area contributed by atoms with E-state index < -0.39 is 0 Å². The van der Waals surface area contributed by atoms with Crippen LogP contribution < -0.4 is 16.4 Å². The van der Waals surface area contributed by atoms with E-state index in [-0.39, 0.29) is 24.5 Å². The van der Waals surface area contributed by atoms with Crippen molar-refractivity contribution in [2.24, 2.45) is 10.7 Å². The van der Waals surface area contributed by atoms with Gasteiger partial charge in [-0.25, -0.2) is 4.99 Å². The first-order valence-corrected chi connectivity index (χ1v) is 7.47. The van der Waals surface area contributed by atoms with Crippen LogP contribution in [0.3, 0.4) is 0 Å². The van der Waals surface area contributed by atoms with Gasteiger partial charge in [-0.05, 0) is 31.0 Å². The highest BCUT2D eigenvalue weighted by Gasteiger charge is 2.10. The van der Waals surface area contributed by atoms with Crippen LogP contribution in [-0.4, -0.2) is 25.0 Å². The Morgan fingerprint density at radius 2 is 2.14 bits per heavy atom. The molecule has 4 N–H and O–H groups in total. The van der Waals surface area contributed by atoms with Gasteiger partial charge in [-0.1, -0.05) is 36.2 Å². The third-order valence-corrected chi connectivity index (χ3v) is 3.32. The number of nitrogens with one attached hydrogen (secondary N) is 2. The summed E-state index contributed by atoms with van der Waals surface area (Å²) in [6, 6.07) is 5.11. The first-order valence-electron chi connectivity index (χ1n) is 6.72. The summed E-state index contributed by atoms with van der Waals surface area (Å²) in [6.07, 6.45) is 0.884. The van der Waals surface area contributed by atoms with Crippen LogP contribution in [0.5, 0.6) is 0 Å². The topological polar surface area (TPSA) is 79.5 Å². The Bertz CT molecular complexity index is 520. The van der Waals surface area contributed by atoms with E-state index in [2.05, 4.69) is 15.6 Å². The van der Waals surface area contributed by atoms with E-state index in [0.717, 1.165) is 12.0 Å². The number of hydrogen-bond donors (Lipinski definition) is 3. The molecule has 7 heteroatoms. The average Bonchev–Trinajstić information content (AvgIpc) is 2.42. The summed E-state index contributed by atoms with van der Waals surface area (Å²) in [5.41, 5.74) is 6.61. The van der Waals surface area contributed by atoms with Crippen LogP contribution in [-0.2, 0) is 4.79 Å². The lowest BCUT2D eigenvalue weighted by Gasteiger charge is -2.16. The average molecular weight is 331 g/mol. The molecule has 0 saturated heterocycles. The summed E-state index contributed by atoms with van der Waals surface area (Å²) in [4.78, 5) is 15.4. The third kappa shape index (κ3) is 6.23. The highest BCUT2D eigenvalue weighted by Crippen LogP contribution is 2.25. The summed E-state index contributed by atoms with van der Waals surface area (Å²) >= 11 is 12.0. The summed E-state index contributed by atoms with van der Waals surface area (Å²) in [5.74, 6) is 0.0407. The van der Waals surface area contributed by atoms with Crippen molar-refractivity contribution in [3.05, 3.63) is 33.8 Å². The predicted octanol–water partition coefficient (Wildman–Crippen LogP) is 2.48. The number of hydrogen-bond acceptors (Lipinski definition) is 2. The molecule has 5 nitrogen and oxygen atoms in total. The van der Waals surface area contributed by atoms with Crippen LogP contribution in [0.2, 0.25) is 10.0 Å². The minimum absolute atomic E-state index is 0.0000959. The zero-order valence-electron chi connectivity index (χ0n) is 12.1.